The van der Waals surface area contributed by atoms with E-state index in [4.69, 9.17) is 21.1 Å². The van der Waals surface area contributed by atoms with Gasteiger partial charge < -0.3 is 14.0 Å². The molecule has 0 atom stereocenters. The quantitative estimate of drug-likeness (QED) is 0.549. The second-order valence-electron chi connectivity index (χ2n) is 4.72. The molecule has 22 heavy (non-hydrogen) atoms. The van der Waals surface area contributed by atoms with E-state index in [2.05, 4.69) is 0 Å². The van der Waals surface area contributed by atoms with Crippen molar-refractivity contribution in [1.82, 2.24) is 4.57 Å². The predicted octanol–water partition coefficient (Wildman–Crippen LogP) is 3.77. The number of hydrogen-bond donors (Lipinski definition) is 0. The summed E-state index contributed by atoms with van der Waals surface area (Å²) in [4.78, 5) is 12.6. The van der Waals surface area contributed by atoms with Crippen molar-refractivity contribution >= 4 is 17.4 Å². The van der Waals surface area contributed by atoms with Gasteiger partial charge in [0.15, 0.2) is 6.29 Å². The van der Waals surface area contributed by atoms with Crippen LogP contribution in [-0.2, 0) is 16.0 Å². The molecule has 118 valence electrons. The zero-order chi connectivity index (χ0) is 15.9. The zero-order valence-electron chi connectivity index (χ0n) is 12.8. The topological polar surface area (TPSA) is 40.5 Å². The molecule has 0 saturated heterocycles. The summed E-state index contributed by atoms with van der Waals surface area (Å²) in [6.45, 7) is 5.44. The molecule has 0 unspecified atom stereocenters. The molecule has 0 aliphatic carbocycles. The summed E-state index contributed by atoms with van der Waals surface area (Å²) >= 11 is 5.86. The first-order valence-corrected chi connectivity index (χ1v) is 7.72. The maximum Gasteiger partial charge on any atom is 0.209 e. The van der Waals surface area contributed by atoms with Gasteiger partial charge in [-0.05, 0) is 50.2 Å². The average Bonchev–Trinajstić information content (AvgIpc) is 2.96. The lowest BCUT2D eigenvalue weighted by Gasteiger charge is -2.19. The first kappa shape index (κ1) is 16.7. The molecule has 0 aliphatic rings. The summed E-state index contributed by atoms with van der Waals surface area (Å²) < 4.78 is 12.9. The summed E-state index contributed by atoms with van der Waals surface area (Å²) in [6.07, 6.45) is 1.49. The van der Waals surface area contributed by atoms with Crippen molar-refractivity contribution in [3.8, 4) is 0 Å². The van der Waals surface area contributed by atoms with E-state index in [9.17, 15) is 4.79 Å². The summed E-state index contributed by atoms with van der Waals surface area (Å²) in [7, 11) is 0. The van der Waals surface area contributed by atoms with Crippen molar-refractivity contribution in [2.45, 2.75) is 26.7 Å². The Morgan fingerprint density at radius 3 is 2.36 bits per heavy atom. The van der Waals surface area contributed by atoms with Gasteiger partial charge in [-0.3, -0.25) is 4.79 Å². The molecular formula is C17H20ClNO3. The molecule has 2 rings (SSSR count). The van der Waals surface area contributed by atoms with Gasteiger partial charge in [0.05, 0.1) is 12.2 Å². The number of benzene rings is 1. The van der Waals surface area contributed by atoms with Crippen molar-refractivity contribution in [3.63, 3.8) is 0 Å². The molecule has 0 N–H and O–H groups in total. The van der Waals surface area contributed by atoms with Crippen LogP contribution >= 0.6 is 11.6 Å². The number of hydrogen-bond acceptors (Lipinski definition) is 3. The van der Waals surface area contributed by atoms with E-state index in [0.717, 1.165) is 0 Å². The van der Waals surface area contributed by atoms with Crippen LogP contribution < -0.4 is 0 Å². The Morgan fingerprint density at radius 2 is 1.77 bits per heavy atom. The third-order valence-corrected chi connectivity index (χ3v) is 3.47. The summed E-state index contributed by atoms with van der Waals surface area (Å²) in [5.41, 5.74) is 1.21. The van der Waals surface area contributed by atoms with Crippen LogP contribution in [0.3, 0.4) is 0 Å². The Balaban J connectivity index is 2.17. The number of halogens is 1. The van der Waals surface area contributed by atoms with E-state index in [1.165, 1.54) is 0 Å². The van der Waals surface area contributed by atoms with Gasteiger partial charge in [0.2, 0.25) is 5.78 Å². The molecule has 0 aliphatic heterocycles. The SMILES string of the molecule is CCOC(Cn1cccc1C(=O)c1ccc(Cl)cc1)OCC. The van der Waals surface area contributed by atoms with Gasteiger partial charge in [0.25, 0.3) is 0 Å². The van der Waals surface area contributed by atoms with Crippen LogP contribution in [0.2, 0.25) is 5.02 Å². The molecule has 0 bridgehead atoms. The van der Waals surface area contributed by atoms with Crippen LogP contribution in [0.5, 0.6) is 0 Å². The van der Waals surface area contributed by atoms with E-state index in [-0.39, 0.29) is 12.1 Å². The maximum atomic E-state index is 12.6. The summed E-state index contributed by atoms with van der Waals surface area (Å²) in [5, 5.41) is 0.611. The summed E-state index contributed by atoms with van der Waals surface area (Å²) in [6, 6.07) is 10.5. The number of nitrogens with zero attached hydrogens (tertiary/aromatic N) is 1. The number of carbonyl (C=O) groups excluding carboxylic acids is 1. The first-order valence-electron chi connectivity index (χ1n) is 7.34. The number of ether oxygens (including phenoxy) is 2. The normalized spacial score (nSPS) is 11.1. The van der Waals surface area contributed by atoms with Gasteiger partial charge >= 0.3 is 0 Å². The highest BCUT2D eigenvalue weighted by Crippen LogP contribution is 2.15. The monoisotopic (exact) mass is 321 g/mol. The van der Waals surface area contributed by atoms with E-state index >= 15 is 0 Å². The Hall–Kier alpha value is -1.62. The Morgan fingerprint density at radius 1 is 1.14 bits per heavy atom. The minimum atomic E-state index is -0.362. The van der Waals surface area contributed by atoms with Crippen LogP contribution in [0.4, 0.5) is 0 Å². The lowest BCUT2D eigenvalue weighted by Crippen LogP contribution is -2.25. The minimum Gasteiger partial charge on any atom is -0.351 e. The van der Waals surface area contributed by atoms with E-state index < -0.39 is 0 Å². The lowest BCUT2D eigenvalue weighted by atomic mass is 10.1. The van der Waals surface area contributed by atoms with Crippen LogP contribution in [-0.4, -0.2) is 29.9 Å². The standard InChI is InChI=1S/C17H20ClNO3/c1-3-21-16(22-4-2)12-19-11-5-6-15(19)17(20)13-7-9-14(18)10-8-13/h5-11,16H,3-4,12H2,1-2H3. The molecule has 5 heteroatoms. The number of rotatable bonds is 8. The average molecular weight is 322 g/mol. The smallest absolute Gasteiger partial charge is 0.209 e. The van der Waals surface area contributed by atoms with Crippen LogP contribution in [0.25, 0.3) is 0 Å². The molecule has 0 radical (unpaired) electrons. The van der Waals surface area contributed by atoms with E-state index in [1.807, 2.05) is 30.7 Å². The highest BCUT2D eigenvalue weighted by atomic mass is 35.5. The molecule has 1 aromatic carbocycles. The molecular weight excluding hydrogens is 302 g/mol. The van der Waals surface area contributed by atoms with Crippen molar-refractivity contribution in [2.75, 3.05) is 13.2 Å². The van der Waals surface area contributed by atoms with Gasteiger partial charge in [-0.15, -0.1) is 0 Å². The maximum absolute atomic E-state index is 12.6. The van der Waals surface area contributed by atoms with E-state index in [0.29, 0.717) is 36.0 Å². The fourth-order valence-corrected chi connectivity index (χ4v) is 2.34. The molecule has 0 spiro atoms. The van der Waals surface area contributed by atoms with Crippen LogP contribution in [0, 0.1) is 0 Å². The summed E-state index contributed by atoms with van der Waals surface area (Å²) in [5.74, 6) is -0.0478. The number of carbonyl (C=O) groups is 1. The Kier molecular flexibility index (Phi) is 6.19. The molecule has 1 aromatic heterocycles. The fourth-order valence-electron chi connectivity index (χ4n) is 2.21. The first-order chi connectivity index (χ1) is 10.7. The Labute approximate surface area is 135 Å². The van der Waals surface area contributed by atoms with Gasteiger partial charge in [-0.2, -0.15) is 0 Å². The highest BCUT2D eigenvalue weighted by molar-refractivity contribution is 6.30. The molecule has 4 nitrogen and oxygen atoms in total. The van der Waals surface area contributed by atoms with Crippen LogP contribution in [0.1, 0.15) is 29.9 Å². The second-order valence-corrected chi connectivity index (χ2v) is 5.16. The lowest BCUT2D eigenvalue weighted by molar-refractivity contribution is -0.143. The van der Waals surface area contributed by atoms with Gasteiger partial charge in [0, 0.05) is 30.0 Å². The number of ketones is 1. The molecule has 0 saturated carbocycles. The van der Waals surface area contributed by atoms with Crippen LogP contribution in [0.15, 0.2) is 42.6 Å². The van der Waals surface area contributed by atoms with E-state index in [1.54, 1.807) is 30.3 Å². The van der Waals surface area contributed by atoms with Gasteiger partial charge in [0.1, 0.15) is 0 Å². The Bertz CT molecular complexity index is 601. The van der Waals surface area contributed by atoms with Crippen molar-refractivity contribution < 1.29 is 14.3 Å². The third kappa shape index (κ3) is 4.19. The molecule has 0 fully saturated rings. The second kappa shape index (κ2) is 8.13. The molecule has 0 amide bonds. The molecule has 1 heterocycles. The predicted molar refractivity (Wildman–Crippen MR) is 86.4 cm³/mol. The highest BCUT2D eigenvalue weighted by Gasteiger charge is 2.16. The number of aromatic nitrogens is 1. The minimum absolute atomic E-state index is 0.0478. The van der Waals surface area contributed by atoms with Gasteiger partial charge in [-0.25, -0.2) is 0 Å². The van der Waals surface area contributed by atoms with Crippen molar-refractivity contribution in [1.29, 1.82) is 0 Å². The zero-order valence-corrected chi connectivity index (χ0v) is 13.5. The fraction of sp³-hybridized carbons (Fsp3) is 0.353. The van der Waals surface area contributed by atoms with Gasteiger partial charge in [-0.1, -0.05) is 11.6 Å². The van der Waals surface area contributed by atoms with Crippen molar-refractivity contribution in [2.24, 2.45) is 0 Å². The van der Waals surface area contributed by atoms with Crippen molar-refractivity contribution in [3.05, 3.63) is 58.9 Å². The molecule has 2 aromatic rings. The largest absolute Gasteiger partial charge is 0.351 e. The third-order valence-electron chi connectivity index (χ3n) is 3.22.